The molecule has 4 rings (SSSR count). The summed E-state index contributed by atoms with van der Waals surface area (Å²) in [6, 6.07) is 11.2. The van der Waals surface area contributed by atoms with Gasteiger partial charge >= 0.3 is 0 Å². The van der Waals surface area contributed by atoms with E-state index in [1.54, 1.807) is 4.68 Å². The number of hydrogen-bond acceptors (Lipinski definition) is 5. The third kappa shape index (κ3) is 2.51. The molecule has 1 N–H and O–H groups in total. The first kappa shape index (κ1) is 12.8. The molecule has 0 bridgehead atoms. The Morgan fingerprint density at radius 3 is 2.90 bits per heavy atom. The van der Waals surface area contributed by atoms with Crippen molar-refractivity contribution in [3.63, 3.8) is 0 Å². The van der Waals surface area contributed by atoms with Gasteiger partial charge in [-0.05, 0) is 54.8 Å². The highest BCUT2D eigenvalue weighted by molar-refractivity contribution is 5.39. The highest BCUT2D eigenvalue weighted by Crippen LogP contribution is 2.28. The van der Waals surface area contributed by atoms with Crippen molar-refractivity contribution < 1.29 is 0 Å². The van der Waals surface area contributed by atoms with Crippen LogP contribution in [0, 0.1) is 0 Å². The summed E-state index contributed by atoms with van der Waals surface area (Å²) in [5, 5.41) is 15.6. The van der Waals surface area contributed by atoms with Crippen LogP contribution >= 0.6 is 0 Å². The number of nitrogens with one attached hydrogen (secondary N) is 1. The highest BCUT2D eigenvalue weighted by Gasteiger charge is 2.32. The Balaban J connectivity index is 1.49. The Bertz CT molecular complexity index is 595. The summed E-state index contributed by atoms with van der Waals surface area (Å²) < 4.78 is 1.78. The number of anilines is 1. The van der Waals surface area contributed by atoms with Crippen LogP contribution in [-0.2, 0) is 0 Å². The number of rotatable bonds is 3. The lowest BCUT2D eigenvalue weighted by atomic mass is 9.98. The molecule has 0 spiro atoms. The third-order valence-electron chi connectivity index (χ3n) is 4.62. The molecular formula is C15H20N6. The van der Waals surface area contributed by atoms with Crippen molar-refractivity contribution in [3.05, 3.63) is 30.3 Å². The van der Waals surface area contributed by atoms with Gasteiger partial charge in [0.1, 0.15) is 0 Å². The lowest BCUT2D eigenvalue weighted by Gasteiger charge is -2.35. The van der Waals surface area contributed by atoms with E-state index in [1.807, 2.05) is 30.3 Å². The van der Waals surface area contributed by atoms with Crippen molar-refractivity contribution in [1.82, 2.24) is 25.1 Å². The summed E-state index contributed by atoms with van der Waals surface area (Å²) in [5.74, 6) is 0.748. The van der Waals surface area contributed by atoms with E-state index in [-0.39, 0.29) is 0 Å². The minimum Gasteiger partial charge on any atom is -0.350 e. The Labute approximate surface area is 124 Å². The van der Waals surface area contributed by atoms with Crippen LogP contribution in [0.15, 0.2) is 30.3 Å². The molecule has 6 nitrogen and oxygen atoms in total. The van der Waals surface area contributed by atoms with E-state index in [4.69, 9.17) is 0 Å². The van der Waals surface area contributed by atoms with Crippen molar-refractivity contribution in [2.75, 3.05) is 18.4 Å². The topological polar surface area (TPSA) is 58.9 Å². The molecule has 0 amide bonds. The zero-order chi connectivity index (χ0) is 14.1. The van der Waals surface area contributed by atoms with Gasteiger partial charge in [-0.1, -0.05) is 23.3 Å². The summed E-state index contributed by atoms with van der Waals surface area (Å²) >= 11 is 0. The van der Waals surface area contributed by atoms with Gasteiger partial charge in [0, 0.05) is 18.6 Å². The normalized spacial score (nSPS) is 25.7. The van der Waals surface area contributed by atoms with Gasteiger partial charge in [0.05, 0.1) is 5.69 Å². The van der Waals surface area contributed by atoms with Crippen molar-refractivity contribution in [2.45, 2.75) is 37.8 Å². The van der Waals surface area contributed by atoms with Gasteiger partial charge in [0.2, 0.25) is 5.95 Å². The Morgan fingerprint density at radius 2 is 2.00 bits per heavy atom. The zero-order valence-corrected chi connectivity index (χ0v) is 12.0. The van der Waals surface area contributed by atoms with Crippen LogP contribution in [0.4, 0.5) is 5.95 Å². The molecule has 2 aliphatic heterocycles. The number of piperidine rings is 1. The van der Waals surface area contributed by atoms with Crippen LogP contribution in [0.3, 0.4) is 0 Å². The van der Waals surface area contributed by atoms with Crippen LogP contribution < -0.4 is 5.32 Å². The van der Waals surface area contributed by atoms with E-state index in [9.17, 15) is 0 Å². The van der Waals surface area contributed by atoms with Gasteiger partial charge < -0.3 is 10.2 Å². The average molecular weight is 284 g/mol. The zero-order valence-electron chi connectivity index (χ0n) is 12.0. The number of fused-ring (bicyclic) bond motifs is 1. The average Bonchev–Trinajstić information content (AvgIpc) is 3.16. The minimum atomic E-state index is 0.470. The number of nitrogens with zero attached hydrogens (tertiary/aromatic N) is 5. The van der Waals surface area contributed by atoms with Crippen LogP contribution in [0.2, 0.25) is 0 Å². The van der Waals surface area contributed by atoms with Crippen LogP contribution in [0.1, 0.15) is 25.7 Å². The standard InChI is InChI=1S/C15H20N6/c1-2-5-13(6-3-1)21-15(17-18-19-21)16-12-8-10-20-9-4-7-14(20)11-12/h1-3,5-6,12,14H,4,7-11H2,(H,16,17,19). The third-order valence-corrected chi connectivity index (χ3v) is 4.62. The van der Waals surface area contributed by atoms with E-state index in [1.165, 1.54) is 32.4 Å². The molecule has 3 heterocycles. The van der Waals surface area contributed by atoms with Gasteiger partial charge in [-0.2, -0.15) is 4.68 Å². The maximum Gasteiger partial charge on any atom is 0.247 e. The maximum absolute atomic E-state index is 4.15. The quantitative estimate of drug-likeness (QED) is 0.929. The van der Waals surface area contributed by atoms with Gasteiger partial charge in [0.15, 0.2) is 0 Å². The smallest absolute Gasteiger partial charge is 0.247 e. The first-order valence-electron chi connectivity index (χ1n) is 7.74. The molecule has 110 valence electrons. The number of benzene rings is 1. The fraction of sp³-hybridized carbons (Fsp3) is 0.533. The first-order chi connectivity index (χ1) is 10.4. The Morgan fingerprint density at radius 1 is 1.10 bits per heavy atom. The van der Waals surface area contributed by atoms with Crippen molar-refractivity contribution in [3.8, 4) is 5.69 Å². The summed E-state index contributed by atoms with van der Waals surface area (Å²) in [5.41, 5.74) is 0.989. The molecule has 0 saturated carbocycles. The van der Waals surface area contributed by atoms with Crippen molar-refractivity contribution >= 4 is 5.95 Å². The van der Waals surface area contributed by atoms with Crippen molar-refractivity contribution in [2.24, 2.45) is 0 Å². The van der Waals surface area contributed by atoms with Gasteiger partial charge in [-0.3, -0.25) is 0 Å². The monoisotopic (exact) mass is 284 g/mol. The number of hydrogen-bond donors (Lipinski definition) is 1. The second-order valence-corrected chi connectivity index (χ2v) is 5.95. The van der Waals surface area contributed by atoms with Gasteiger partial charge in [-0.25, -0.2) is 0 Å². The summed E-state index contributed by atoms with van der Waals surface area (Å²) in [7, 11) is 0. The SMILES string of the molecule is c1ccc(-n2nnnc2NC2CCN3CCCC3C2)cc1. The largest absolute Gasteiger partial charge is 0.350 e. The molecule has 2 fully saturated rings. The molecule has 2 aromatic rings. The minimum absolute atomic E-state index is 0.470. The van der Waals surface area contributed by atoms with Crippen molar-refractivity contribution in [1.29, 1.82) is 0 Å². The summed E-state index contributed by atoms with van der Waals surface area (Å²) in [6.45, 7) is 2.47. The van der Waals surface area contributed by atoms with Gasteiger partial charge in [0.25, 0.3) is 0 Å². The maximum atomic E-state index is 4.15. The van der Waals surface area contributed by atoms with Crippen LogP contribution in [0.5, 0.6) is 0 Å². The molecular weight excluding hydrogens is 264 g/mol. The van der Waals surface area contributed by atoms with E-state index in [0.29, 0.717) is 6.04 Å². The molecule has 0 radical (unpaired) electrons. The van der Waals surface area contributed by atoms with Gasteiger partial charge in [-0.15, -0.1) is 0 Å². The van der Waals surface area contributed by atoms with Crippen LogP contribution in [0.25, 0.3) is 5.69 Å². The number of para-hydroxylation sites is 1. The molecule has 21 heavy (non-hydrogen) atoms. The highest BCUT2D eigenvalue weighted by atomic mass is 15.6. The molecule has 1 aromatic heterocycles. The molecule has 0 aliphatic carbocycles. The number of aromatic nitrogens is 4. The molecule has 6 heteroatoms. The molecule has 2 aliphatic rings. The Kier molecular flexibility index (Phi) is 3.31. The molecule has 1 aromatic carbocycles. The molecule has 2 saturated heterocycles. The van der Waals surface area contributed by atoms with E-state index < -0.39 is 0 Å². The van der Waals surface area contributed by atoms with E-state index in [2.05, 4.69) is 25.7 Å². The van der Waals surface area contributed by atoms with E-state index in [0.717, 1.165) is 24.1 Å². The number of tetrazole rings is 1. The predicted octanol–water partition coefficient (Wildman–Crippen LogP) is 1.70. The second kappa shape index (κ2) is 5.44. The lowest BCUT2D eigenvalue weighted by Crippen LogP contribution is -2.43. The molecule has 2 atom stereocenters. The second-order valence-electron chi connectivity index (χ2n) is 5.95. The van der Waals surface area contributed by atoms with Crippen LogP contribution in [-0.4, -0.2) is 50.3 Å². The Hall–Kier alpha value is -1.95. The first-order valence-corrected chi connectivity index (χ1v) is 7.74. The van der Waals surface area contributed by atoms with E-state index >= 15 is 0 Å². The summed E-state index contributed by atoms with van der Waals surface area (Å²) in [6.07, 6.45) is 5.04. The lowest BCUT2D eigenvalue weighted by molar-refractivity contribution is 0.187. The summed E-state index contributed by atoms with van der Waals surface area (Å²) in [4.78, 5) is 2.62. The predicted molar refractivity (Wildman–Crippen MR) is 80.4 cm³/mol. The fourth-order valence-corrected chi connectivity index (χ4v) is 3.56. The fourth-order valence-electron chi connectivity index (χ4n) is 3.56. The molecule has 2 unspecified atom stereocenters.